The van der Waals surface area contributed by atoms with E-state index in [1.807, 2.05) is 7.05 Å². The first-order valence-corrected chi connectivity index (χ1v) is 10.0. The number of guanidine groups is 1. The average Bonchev–Trinajstić information content (AvgIpc) is 2.94. The molecule has 3 fully saturated rings. The summed E-state index contributed by atoms with van der Waals surface area (Å²) in [6.45, 7) is 4.62. The van der Waals surface area contributed by atoms with E-state index in [9.17, 15) is 0 Å². The molecule has 4 nitrogen and oxygen atoms in total. The van der Waals surface area contributed by atoms with Crippen molar-refractivity contribution in [3.05, 3.63) is 0 Å². The van der Waals surface area contributed by atoms with Crippen molar-refractivity contribution in [1.29, 1.82) is 0 Å². The van der Waals surface area contributed by atoms with E-state index in [-0.39, 0.29) is 24.0 Å². The van der Waals surface area contributed by atoms with Crippen LogP contribution in [0.25, 0.3) is 0 Å². The van der Waals surface area contributed by atoms with Crippen molar-refractivity contribution in [2.45, 2.75) is 55.7 Å². The average molecular weight is 452 g/mol. The van der Waals surface area contributed by atoms with Crippen LogP contribution in [-0.4, -0.2) is 72.6 Å². The van der Waals surface area contributed by atoms with Gasteiger partial charge in [0, 0.05) is 43.2 Å². The standard InChI is InChI=1S/C17H32N4S.HI/c1-18-16(19-13-15-7-6-10-20(15)2)21-11-12-22-17(14-21)8-4-3-5-9-17;/h15H,3-14H2,1-2H3,(H,18,19);1H. The highest BCUT2D eigenvalue weighted by Gasteiger charge is 2.38. The first kappa shape index (κ1) is 19.6. The molecule has 3 aliphatic rings. The Morgan fingerprint density at radius 3 is 2.65 bits per heavy atom. The topological polar surface area (TPSA) is 30.9 Å². The number of aliphatic imine (C=N–C) groups is 1. The van der Waals surface area contributed by atoms with Crippen LogP contribution in [0.2, 0.25) is 0 Å². The Morgan fingerprint density at radius 2 is 2.00 bits per heavy atom. The molecule has 3 rings (SSSR count). The smallest absolute Gasteiger partial charge is 0.193 e. The largest absolute Gasteiger partial charge is 0.355 e. The third-order valence-corrected chi connectivity index (χ3v) is 7.23. The SMILES string of the molecule is CN=C(NCC1CCCN1C)N1CCSC2(CCCCC2)C1.I. The number of hydrogen-bond acceptors (Lipinski definition) is 3. The van der Waals surface area contributed by atoms with Gasteiger partial charge in [0.15, 0.2) is 5.96 Å². The number of likely N-dealkylation sites (tertiary alicyclic amines) is 1. The third-order valence-electron chi connectivity index (χ3n) is 5.69. The molecule has 1 saturated carbocycles. The summed E-state index contributed by atoms with van der Waals surface area (Å²) in [7, 11) is 4.19. The van der Waals surface area contributed by atoms with Gasteiger partial charge in [-0.25, -0.2) is 0 Å². The fourth-order valence-electron chi connectivity index (χ4n) is 4.30. The second-order valence-electron chi connectivity index (χ2n) is 7.22. The highest BCUT2D eigenvalue weighted by Crippen LogP contribution is 2.42. The van der Waals surface area contributed by atoms with Crippen LogP contribution >= 0.6 is 35.7 Å². The van der Waals surface area contributed by atoms with E-state index in [1.54, 1.807) is 0 Å². The second-order valence-corrected chi connectivity index (χ2v) is 8.78. The zero-order valence-corrected chi connectivity index (χ0v) is 17.9. The first-order valence-electron chi connectivity index (χ1n) is 9.02. The fourth-order valence-corrected chi connectivity index (χ4v) is 5.87. The molecule has 0 amide bonds. The van der Waals surface area contributed by atoms with Crippen LogP contribution in [0, 0.1) is 0 Å². The number of rotatable bonds is 2. The molecule has 0 aromatic heterocycles. The predicted octanol–water partition coefficient (Wildman–Crippen LogP) is 3.03. The molecule has 1 atom stereocenters. The lowest BCUT2D eigenvalue weighted by molar-refractivity contribution is 0.283. The van der Waals surface area contributed by atoms with Crippen LogP contribution < -0.4 is 5.32 Å². The number of thioether (sulfide) groups is 1. The summed E-state index contributed by atoms with van der Waals surface area (Å²) < 4.78 is 0.512. The van der Waals surface area contributed by atoms with E-state index in [1.165, 1.54) is 63.8 Å². The van der Waals surface area contributed by atoms with Crippen molar-refractivity contribution in [2.75, 3.05) is 46.0 Å². The number of nitrogens with one attached hydrogen (secondary N) is 1. The van der Waals surface area contributed by atoms with Crippen LogP contribution in [-0.2, 0) is 0 Å². The summed E-state index contributed by atoms with van der Waals surface area (Å²) in [5.74, 6) is 2.38. The summed E-state index contributed by atoms with van der Waals surface area (Å²) in [4.78, 5) is 9.59. The summed E-state index contributed by atoms with van der Waals surface area (Å²) in [6, 6.07) is 0.680. The number of likely N-dealkylation sites (N-methyl/N-ethyl adjacent to an activating group) is 1. The maximum absolute atomic E-state index is 4.58. The number of halogens is 1. The van der Waals surface area contributed by atoms with Crippen molar-refractivity contribution in [1.82, 2.24) is 15.1 Å². The zero-order chi connectivity index (χ0) is 15.4. The Bertz CT molecular complexity index is 393. The molecule has 2 saturated heterocycles. The van der Waals surface area contributed by atoms with Crippen LogP contribution in [0.3, 0.4) is 0 Å². The van der Waals surface area contributed by atoms with E-state index in [0.29, 0.717) is 10.8 Å². The molecule has 1 N–H and O–H groups in total. The molecule has 0 bridgehead atoms. The second kappa shape index (κ2) is 9.13. The van der Waals surface area contributed by atoms with Crippen molar-refractivity contribution in [3.8, 4) is 0 Å². The molecule has 0 aromatic rings. The van der Waals surface area contributed by atoms with Crippen LogP contribution in [0.4, 0.5) is 0 Å². The van der Waals surface area contributed by atoms with E-state index >= 15 is 0 Å². The predicted molar refractivity (Wildman–Crippen MR) is 112 cm³/mol. The molecule has 6 heteroatoms. The first-order chi connectivity index (χ1) is 10.7. The Hall–Kier alpha value is 0.310. The van der Waals surface area contributed by atoms with E-state index < -0.39 is 0 Å². The molecule has 0 radical (unpaired) electrons. The van der Waals surface area contributed by atoms with Gasteiger partial charge in [0.2, 0.25) is 0 Å². The molecule has 1 unspecified atom stereocenters. The van der Waals surface area contributed by atoms with Gasteiger partial charge in [-0.1, -0.05) is 19.3 Å². The van der Waals surface area contributed by atoms with E-state index in [0.717, 1.165) is 19.0 Å². The van der Waals surface area contributed by atoms with Gasteiger partial charge < -0.3 is 15.1 Å². The van der Waals surface area contributed by atoms with Gasteiger partial charge in [0.25, 0.3) is 0 Å². The summed E-state index contributed by atoms with van der Waals surface area (Å²) in [5.41, 5.74) is 0. The van der Waals surface area contributed by atoms with Crippen molar-refractivity contribution in [3.63, 3.8) is 0 Å². The maximum Gasteiger partial charge on any atom is 0.193 e. The minimum absolute atomic E-state index is 0. The van der Waals surface area contributed by atoms with Gasteiger partial charge in [0.05, 0.1) is 0 Å². The highest BCUT2D eigenvalue weighted by molar-refractivity contribution is 14.0. The monoisotopic (exact) mass is 452 g/mol. The quantitative estimate of drug-likeness (QED) is 0.397. The van der Waals surface area contributed by atoms with Crippen LogP contribution in [0.1, 0.15) is 44.9 Å². The zero-order valence-electron chi connectivity index (χ0n) is 14.7. The van der Waals surface area contributed by atoms with Crippen molar-refractivity contribution in [2.24, 2.45) is 4.99 Å². The van der Waals surface area contributed by atoms with E-state index in [4.69, 9.17) is 0 Å². The lowest BCUT2D eigenvalue weighted by Crippen LogP contribution is -2.54. The van der Waals surface area contributed by atoms with Crippen molar-refractivity contribution < 1.29 is 0 Å². The maximum atomic E-state index is 4.58. The summed E-state index contributed by atoms with van der Waals surface area (Å²) in [5, 5.41) is 3.66. The Balaban J connectivity index is 0.00000192. The number of hydrogen-bond donors (Lipinski definition) is 1. The minimum atomic E-state index is 0. The molecule has 1 aliphatic carbocycles. The fraction of sp³-hybridized carbons (Fsp3) is 0.941. The lowest BCUT2D eigenvalue weighted by atomic mass is 9.87. The summed E-state index contributed by atoms with van der Waals surface area (Å²) >= 11 is 2.23. The van der Waals surface area contributed by atoms with Gasteiger partial charge in [-0.2, -0.15) is 11.8 Å². The van der Waals surface area contributed by atoms with Gasteiger partial charge >= 0.3 is 0 Å². The molecular formula is C17H33IN4S. The van der Waals surface area contributed by atoms with Gasteiger partial charge in [-0.3, -0.25) is 4.99 Å². The molecule has 1 spiro atoms. The Kier molecular flexibility index (Phi) is 7.79. The lowest BCUT2D eigenvalue weighted by Gasteiger charge is -2.45. The molecular weight excluding hydrogens is 419 g/mol. The van der Waals surface area contributed by atoms with Crippen LogP contribution in [0.15, 0.2) is 4.99 Å². The molecule has 2 aliphatic heterocycles. The van der Waals surface area contributed by atoms with Crippen molar-refractivity contribution >= 4 is 41.7 Å². The molecule has 2 heterocycles. The molecule has 23 heavy (non-hydrogen) atoms. The third kappa shape index (κ3) is 4.91. The normalized spacial score (nSPS) is 28.7. The van der Waals surface area contributed by atoms with Gasteiger partial charge in [0.1, 0.15) is 0 Å². The van der Waals surface area contributed by atoms with Gasteiger partial charge in [-0.05, 0) is 39.3 Å². The molecule has 134 valence electrons. The number of nitrogens with zero attached hydrogens (tertiary/aromatic N) is 3. The highest BCUT2D eigenvalue weighted by atomic mass is 127. The van der Waals surface area contributed by atoms with Crippen LogP contribution in [0.5, 0.6) is 0 Å². The Labute approximate surface area is 163 Å². The summed E-state index contributed by atoms with van der Waals surface area (Å²) in [6.07, 6.45) is 9.72. The molecule has 0 aromatic carbocycles. The van der Waals surface area contributed by atoms with E-state index in [2.05, 4.69) is 38.9 Å². The Morgan fingerprint density at radius 1 is 1.22 bits per heavy atom. The minimum Gasteiger partial charge on any atom is -0.355 e. The van der Waals surface area contributed by atoms with Gasteiger partial charge in [-0.15, -0.1) is 24.0 Å².